The lowest BCUT2D eigenvalue weighted by molar-refractivity contribution is -0.00454. The van der Waals surface area contributed by atoms with Gasteiger partial charge in [0.25, 0.3) is 0 Å². The maximum atomic E-state index is 5.92. The Morgan fingerprint density at radius 1 is 0.742 bits per heavy atom. The summed E-state index contributed by atoms with van der Waals surface area (Å²) < 4.78 is 11.8. The highest BCUT2D eigenvalue weighted by molar-refractivity contribution is 8.76. The fourth-order valence-electron chi connectivity index (χ4n) is 3.06. The van der Waals surface area contributed by atoms with Crippen molar-refractivity contribution >= 4 is 21.6 Å². The van der Waals surface area contributed by atoms with E-state index in [9.17, 15) is 0 Å². The summed E-state index contributed by atoms with van der Waals surface area (Å²) >= 11 is 0. The van der Waals surface area contributed by atoms with Crippen molar-refractivity contribution in [3.05, 3.63) is 24.3 Å². The van der Waals surface area contributed by atoms with Crippen molar-refractivity contribution in [2.75, 3.05) is 38.5 Å². The second-order valence-electron chi connectivity index (χ2n) is 8.05. The smallest absolute Gasteiger partial charge is 0.0906 e. The molecular weight excluding hydrogens is 422 g/mol. The van der Waals surface area contributed by atoms with E-state index in [1.807, 2.05) is 28.6 Å². The molecule has 0 aliphatic heterocycles. The number of hydrogen-bond donors (Lipinski definition) is 1. The van der Waals surface area contributed by atoms with Crippen LogP contribution in [0.5, 0.6) is 0 Å². The first-order valence-corrected chi connectivity index (χ1v) is 15.2. The van der Waals surface area contributed by atoms with E-state index in [4.69, 9.17) is 9.47 Å². The fourth-order valence-corrected chi connectivity index (χ4v) is 5.05. The van der Waals surface area contributed by atoms with Crippen molar-refractivity contribution in [2.45, 2.75) is 103 Å². The summed E-state index contributed by atoms with van der Waals surface area (Å²) in [4.78, 5) is 0. The summed E-state index contributed by atoms with van der Waals surface area (Å²) in [5, 5.41) is 3.15. The molecule has 0 bridgehead atoms. The van der Waals surface area contributed by atoms with Gasteiger partial charge in [-0.2, -0.15) is 0 Å². The monoisotopic (exact) mass is 473 g/mol. The molecule has 5 heteroatoms. The third-order valence-electron chi connectivity index (χ3n) is 4.89. The average Bonchev–Trinajstić information content (AvgIpc) is 2.78. The number of rotatable bonds is 25. The molecule has 0 saturated carbocycles. The zero-order valence-electron chi connectivity index (χ0n) is 20.7. The first-order valence-electron chi connectivity index (χ1n) is 12.7. The van der Waals surface area contributed by atoms with Crippen LogP contribution in [0, 0.1) is 0 Å². The van der Waals surface area contributed by atoms with E-state index in [0.717, 1.165) is 44.3 Å². The fraction of sp³-hybridized carbons (Fsp3) is 0.846. The lowest BCUT2D eigenvalue weighted by Crippen LogP contribution is -2.23. The summed E-state index contributed by atoms with van der Waals surface area (Å²) in [5.41, 5.74) is 0. The van der Waals surface area contributed by atoms with Crippen molar-refractivity contribution in [3.8, 4) is 0 Å². The number of ether oxygens (including phenoxy) is 2. The molecule has 1 unspecified atom stereocenters. The molecule has 0 spiro atoms. The Kier molecular flexibility index (Phi) is 28.1. The molecule has 0 aromatic heterocycles. The number of unbranched alkanes of at least 4 members (excludes halogenated alkanes) is 9. The third-order valence-corrected chi connectivity index (χ3v) is 7.23. The van der Waals surface area contributed by atoms with Crippen molar-refractivity contribution in [2.24, 2.45) is 0 Å². The second-order valence-corrected chi connectivity index (χ2v) is 10.6. The van der Waals surface area contributed by atoms with Gasteiger partial charge in [-0.05, 0) is 52.0 Å². The zero-order valence-corrected chi connectivity index (χ0v) is 22.4. The molecule has 0 amide bonds. The molecule has 0 heterocycles. The van der Waals surface area contributed by atoms with Gasteiger partial charge in [0.05, 0.1) is 18.6 Å². The topological polar surface area (TPSA) is 30.5 Å². The van der Waals surface area contributed by atoms with Crippen molar-refractivity contribution in [1.82, 2.24) is 5.32 Å². The minimum absolute atomic E-state index is 0.221. The molecule has 0 aliphatic carbocycles. The minimum atomic E-state index is 0.221. The van der Waals surface area contributed by atoms with Crippen LogP contribution in [0.2, 0.25) is 0 Å². The summed E-state index contributed by atoms with van der Waals surface area (Å²) in [5.74, 6) is 1.97. The van der Waals surface area contributed by atoms with Gasteiger partial charge in [0.15, 0.2) is 0 Å². The summed E-state index contributed by atoms with van der Waals surface area (Å²) in [6, 6.07) is 0. The van der Waals surface area contributed by atoms with E-state index in [-0.39, 0.29) is 6.10 Å². The molecule has 0 aromatic rings. The van der Waals surface area contributed by atoms with Crippen LogP contribution in [0.25, 0.3) is 0 Å². The van der Waals surface area contributed by atoms with E-state index < -0.39 is 0 Å². The van der Waals surface area contributed by atoms with Gasteiger partial charge in [-0.25, -0.2) is 0 Å². The van der Waals surface area contributed by atoms with E-state index in [1.54, 1.807) is 0 Å². The molecule has 1 atom stereocenters. The Bertz CT molecular complexity index is 392. The highest BCUT2D eigenvalue weighted by atomic mass is 33.1. The van der Waals surface area contributed by atoms with Crippen molar-refractivity contribution in [1.29, 1.82) is 0 Å². The first kappa shape index (κ1) is 31.1. The Balaban J connectivity index is 3.43. The quantitative estimate of drug-likeness (QED) is 0.0625. The summed E-state index contributed by atoms with van der Waals surface area (Å²) in [7, 11) is 5.69. The maximum Gasteiger partial charge on any atom is 0.0906 e. The van der Waals surface area contributed by atoms with E-state index in [1.165, 1.54) is 70.6 Å². The average molecular weight is 474 g/mol. The van der Waals surface area contributed by atoms with E-state index in [2.05, 4.69) is 43.5 Å². The molecule has 0 rings (SSSR count). The normalized spacial score (nSPS) is 13.0. The van der Waals surface area contributed by atoms with Crippen LogP contribution in [-0.2, 0) is 9.47 Å². The molecular formula is C26H51NO2S2. The van der Waals surface area contributed by atoms with Gasteiger partial charge in [-0.3, -0.25) is 0 Å². The van der Waals surface area contributed by atoms with Gasteiger partial charge in [0, 0.05) is 19.0 Å². The number of allylic oxidation sites excluding steroid dienone is 4. The standard InChI is InChI=1S/C26H51NO2S2/c1-4-6-7-8-9-10-11-12-13-14-15-16-17-18-19-20-22-28-23-26(29-21-5-2)24-30-31-25-27-3/h9-10,12-13,26-27H,4-8,11,14-25H2,1-3H3/b10-9-,13-12-. The van der Waals surface area contributed by atoms with E-state index in [0.29, 0.717) is 0 Å². The lowest BCUT2D eigenvalue weighted by atomic mass is 10.1. The van der Waals surface area contributed by atoms with Gasteiger partial charge in [0.1, 0.15) is 0 Å². The predicted molar refractivity (Wildman–Crippen MR) is 144 cm³/mol. The third kappa shape index (κ3) is 26.2. The van der Waals surface area contributed by atoms with Crippen LogP contribution in [0.3, 0.4) is 0 Å². The highest BCUT2D eigenvalue weighted by Gasteiger charge is 2.09. The van der Waals surface area contributed by atoms with Gasteiger partial charge in [-0.15, -0.1) is 0 Å². The molecule has 1 N–H and O–H groups in total. The van der Waals surface area contributed by atoms with Crippen LogP contribution in [0.1, 0.15) is 97.3 Å². The second kappa shape index (κ2) is 28.1. The highest BCUT2D eigenvalue weighted by Crippen LogP contribution is 2.21. The Morgan fingerprint density at radius 2 is 1.42 bits per heavy atom. The number of nitrogens with one attached hydrogen (secondary N) is 1. The largest absolute Gasteiger partial charge is 0.379 e. The van der Waals surface area contributed by atoms with Crippen LogP contribution in [0.15, 0.2) is 24.3 Å². The molecule has 31 heavy (non-hydrogen) atoms. The Hall–Kier alpha value is 0.0600. The molecule has 3 nitrogen and oxygen atoms in total. The van der Waals surface area contributed by atoms with Crippen molar-refractivity contribution in [3.63, 3.8) is 0 Å². The Labute approximate surface area is 202 Å². The molecule has 0 aliphatic rings. The lowest BCUT2D eigenvalue weighted by Gasteiger charge is -2.17. The van der Waals surface area contributed by atoms with E-state index >= 15 is 0 Å². The first-order chi connectivity index (χ1) is 15.3. The number of hydrogen-bond acceptors (Lipinski definition) is 5. The van der Waals surface area contributed by atoms with Crippen LogP contribution >= 0.6 is 21.6 Å². The predicted octanol–water partition coefficient (Wildman–Crippen LogP) is 8.17. The maximum absolute atomic E-state index is 5.92. The molecule has 184 valence electrons. The van der Waals surface area contributed by atoms with Crippen LogP contribution in [-0.4, -0.2) is 44.6 Å². The minimum Gasteiger partial charge on any atom is -0.379 e. The summed E-state index contributed by atoms with van der Waals surface area (Å²) in [6.07, 6.45) is 26.0. The van der Waals surface area contributed by atoms with Gasteiger partial charge >= 0.3 is 0 Å². The SMILES string of the molecule is CCCCC/C=C\C/C=C\CCCCCCCCOCC(CSSCNC)OCCC. The molecule has 0 saturated heterocycles. The molecule has 0 aromatic carbocycles. The van der Waals surface area contributed by atoms with Crippen LogP contribution in [0.4, 0.5) is 0 Å². The van der Waals surface area contributed by atoms with Crippen LogP contribution < -0.4 is 5.32 Å². The summed E-state index contributed by atoms with van der Waals surface area (Å²) in [6.45, 7) is 6.85. The van der Waals surface area contributed by atoms with Gasteiger partial charge in [0.2, 0.25) is 0 Å². The van der Waals surface area contributed by atoms with Gasteiger partial charge in [-0.1, -0.05) is 98.3 Å². The van der Waals surface area contributed by atoms with Crippen molar-refractivity contribution < 1.29 is 9.47 Å². The zero-order chi connectivity index (χ0) is 22.7. The molecule has 0 fully saturated rings. The molecule has 0 radical (unpaired) electrons. The Morgan fingerprint density at radius 3 is 2.10 bits per heavy atom. The van der Waals surface area contributed by atoms with Gasteiger partial charge < -0.3 is 14.8 Å².